The lowest BCUT2D eigenvalue weighted by molar-refractivity contribution is 0.414. The number of nitrogens with one attached hydrogen (secondary N) is 1. The summed E-state index contributed by atoms with van der Waals surface area (Å²) in [7, 11) is 1.65. The maximum atomic E-state index is 5.21. The summed E-state index contributed by atoms with van der Waals surface area (Å²) in [6, 6.07) is 3.77. The Morgan fingerprint density at radius 2 is 2.27 bits per heavy atom. The Kier molecular flexibility index (Phi) is 4.27. The quantitative estimate of drug-likeness (QED) is 0.837. The molecule has 0 aliphatic carbocycles. The van der Waals surface area contributed by atoms with E-state index in [0.717, 1.165) is 18.1 Å². The van der Waals surface area contributed by atoms with Gasteiger partial charge in [0.1, 0.15) is 0 Å². The van der Waals surface area contributed by atoms with Crippen molar-refractivity contribution in [1.82, 2.24) is 4.98 Å². The molecule has 15 heavy (non-hydrogen) atoms. The molecule has 0 saturated heterocycles. The smallest absolute Gasteiger partial charge is 0.168 e. The third kappa shape index (κ3) is 3.63. The highest BCUT2D eigenvalue weighted by molar-refractivity contribution is 7.99. The lowest BCUT2D eigenvalue weighted by atomic mass is 10.2. The van der Waals surface area contributed by atoms with Gasteiger partial charge in [0.25, 0.3) is 0 Å². The third-order valence-corrected chi connectivity index (χ3v) is 3.47. The molecule has 1 aromatic heterocycles. The molecule has 3 nitrogen and oxygen atoms in total. The van der Waals surface area contributed by atoms with Crippen molar-refractivity contribution in [2.24, 2.45) is 0 Å². The molecule has 84 valence electrons. The van der Waals surface area contributed by atoms with Crippen molar-refractivity contribution >= 4 is 17.6 Å². The van der Waals surface area contributed by atoms with Crippen molar-refractivity contribution in [3.05, 3.63) is 18.3 Å². The number of aromatic nitrogens is 1. The van der Waals surface area contributed by atoms with Crippen LogP contribution in [0.4, 0.5) is 5.82 Å². The molecule has 1 rings (SSSR count). The monoisotopic (exact) mass is 226 g/mol. The highest BCUT2D eigenvalue weighted by atomic mass is 32.2. The van der Waals surface area contributed by atoms with E-state index in [1.54, 1.807) is 13.3 Å². The van der Waals surface area contributed by atoms with E-state index in [0.29, 0.717) is 0 Å². The molecule has 0 aliphatic heterocycles. The first kappa shape index (κ1) is 12.2. The fourth-order valence-electron chi connectivity index (χ4n) is 1.06. The maximum Gasteiger partial charge on any atom is 0.168 e. The minimum Gasteiger partial charge on any atom is -0.493 e. The molecule has 4 heteroatoms. The summed E-state index contributed by atoms with van der Waals surface area (Å²) in [5.74, 6) is 1.59. The molecule has 0 saturated carbocycles. The number of ether oxygens (including phenoxy) is 1. The Hall–Kier alpha value is -0.900. The summed E-state index contributed by atoms with van der Waals surface area (Å²) >= 11 is 1.83. The van der Waals surface area contributed by atoms with Gasteiger partial charge in [0.15, 0.2) is 11.6 Å². The van der Waals surface area contributed by atoms with E-state index in [1.165, 1.54) is 0 Å². The summed E-state index contributed by atoms with van der Waals surface area (Å²) in [4.78, 5) is 4.24. The zero-order valence-electron chi connectivity index (χ0n) is 9.70. The molecule has 0 fully saturated rings. The fourth-order valence-corrected chi connectivity index (χ4v) is 1.27. The Balaban J connectivity index is 2.65. The van der Waals surface area contributed by atoms with Crippen LogP contribution in [0.15, 0.2) is 18.3 Å². The van der Waals surface area contributed by atoms with Crippen LogP contribution in [0.5, 0.6) is 5.75 Å². The lowest BCUT2D eigenvalue weighted by Gasteiger charge is -2.23. The number of nitrogens with zero attached hydrogens (tertiary/aromatic N) is 1. The number of pyridine rings is 1. The van der Waals surface area contributed by atoms with Crippen LogP contribution < -0.4 is 10.1 Å². The summed E-state index contributed by atoms with van der Waals surface area (Å²) < 4.78 is 5.41. The molecule has 0 aromatic carbocycles. The summed E-state index contributed by atoms with van der Waals surface area (Å²) in [6.07, 6.45) is 3.87. The van der Waals surface area contributed by atoms with E-state index in [2.05, 4.69) is 30.4 Å². The number of hydrogen-bond donors (Lipinski definition) is 1. The second-order valence-electron chi connectivity index (χ2n) is 3.87. The van der Waals surface area contributed by atoms with Gasteiger partial charge in [0.05, 0.1) is 7.11 Å². The number of anilines is 1. The van der Waals surface area contributed by atoms with Crippen LogP contribution in [0.25, 0.3) is 0 Å². The molecule has 0 aliphatic rings. The van der Waals surface area contributed by atoms with Gasteiger partial charge in [-0.05, 0) is 32.2 Å². The molecule has 0 amide bonds. The maximum absolute atomic E-state index is 5.21. The largest absolute Gasteiger partial charge is 0.493 e. The van der Waals surface area contributed by atoms with Crippen LogP contribution in [0.3, 0.4) is 0 Å². The molecule has 0 bridgehead atoms. The Labute approximate surface area is 95.6 Å². The first-order valence-corrected chi connectivity index (χ1v) is 6.09. The lowest BCUT2D eigenvalue weighted by Crippen LogP contribution is -2.26. The van der Waals surface area contributed by atoms with E-state index in [9.17, 15) is 0 Å². The van der Waals surface area contributed by atoms with Crippen LogP contribution >= 0.6 is 11.8 Å². The van der Waals surface area contributed by atoms with Gasteiger partial charge in [-0.3, -0.25) is 0 Å². The van der Waals surface area contributed by atoms with Crippen LogP contribution in [0.1, 0.15) is 13.8 Å². The summed E-state index contributed by atoms with van der Waals surface area (Å²) in [5.41, 5.74) is 0. The van der Waals surface area contributed by atoms with Gasteiger partial charge in [-0.2, -0.15) is 11.8 Å². The number of rotatable bonds is 5. The molecular formula is C11H18N2OS. The van der Waals surface area contributed by atoms with Crippen molar-refractivity contribution in [2.75, 3.05) is 25.2 Å². The zero-order chi connectivity index (χ0) is 11.3. The molecular weight excluding hydrogens is 208 g/mol. The zero-order valence-corrected chi connectivity index (χ0v) is 10.5. The van der Waals surface area contributed by atoms with Gasteiger partial charge >= 0.3 is 0 Å². The van der Waals surface area contributed by atoms with Crippen molar-refractivity contribution < 1.29 is 4.74 Å². The van der Waals surface area contributed by atoms with Crippen molar-refractivity contribution in [1.29, 1.82) is 0 Å². The van der Waals surface area contributed by atoms with Crippen LogP contribution in [-0.2, 0) is 0 Å². The highest BCUT2D eigenvalue weighted by Gasteiger charge is 2.16. The van der Waals surface area contributed by atoms with E-state index >= 15 is 0 Å². The fraction of sp³-hybridized carbons (Fsp3) is 0.545. The van der Waals surface area contributed by atoms with Crippen LogP contribution in [0, 0.1) is 0 Å². The van der Waals surface area contributed by atoms with Gasteiger partial charge in [-0.25, -0.2) is 4.98 Å². The number of thioether (sulfide) groups is 1. The Bertz CT molecular complexity index is 315. The predicted molar refractivity (Wildman–Crippen MR) is 66.9 cm³/mol. The second kappa shape index (κ2) is 5.26. The van der Waals surface area contributed by atoms with E-state index < -0.39 is 0 Å². The van der Waals surface area contributed by atoms with E-state index in [4.69, 9.17) is 4.74 Å². The van der Waals surface area contributed by atoms with Gasteiger partial charge in [0.2, 0.25) is 0 Å². The Morgan fingerprint density at radius 3 is 2.87 bits per heavy atom. The van der Waals surface area contributed by atoms with Gasteiger partial charge in [0, 0.05) is 17.5 Å². The van der Waals surface area contributed by atoms with Crippen molar-refractivity contribution in [3.8, 4) is 5.75 Å². The number of hydrogen-bond acceptors (Lipinski definition) is 4. The van der Waals surface area contributed by atoms with Gasteiger partial charge < -0.3 is 10.1 Å². The predicted octanol–water partition coefficient (Wildman–Crippen LogP) is 2.64. The molecule has 1 N–H and O–H groups in total. The minimum absolute atomic E-state index is 0.197. The van der Waals surface area contributed by atoms with Gasteiger partial charge in [-0.1, -0.05) is 0 Å². The molecule has 0 spiro atoms. The summed E-state index contributed by atoms with van der Waals surface area (Å²) in [5, 5.41) is 3.30. The summed E-state index contributed by atoms with van der Waals surface area (Å²) in [6.45, 7) is 5.25. The molecule has 0 radical (unpaired) electrons. The SMILES string of the molecule is COc1cccnc1NCC(C)(C)SC. The average Bonchev–Trinajstić information content (AvgIpc) is 2.27. The van der Waals surface area contributed by atoms with Crippen LogP contribution in [0.2, 0.25) is 0 Å². The normalized spacial score (nSPS) is 11.2. The highest BCUT2D eigenvalue weighted by Crippen LogP contribution is 2.24. The molecule has 1 aromatic rings. The van der Waals surface area contributed by atoms with Gasteiger partial charge in [-0.15, -0.1) is 0 Å². The first-order valence-electron chi connectivity index (χ1n) is 4.87. The molecule has 0 atom stereocenters. The Morgan fingerprint density at radius 1 is 1.53 bits per heavy atom. The first-order chi connectivity index (χ1) is 7.09. The third-order valence-electron chi connectivity index (χ3n) is 2.22. The average molecular weight is 226 g/mol. The molecule has 0 unspecified atom stereocenters. The van der Waals surface area contributed by atoms with Crippen LogP contribution in [-0.4, -0.2) is 29.6 Å². The van der Waals surface area contributed by atoms with E-state index in [1.807, 2.05) is 23.9 Å². The van der Waals surface area contributed by atoms with Crippen molar-refractivity contribution in [3.63, 3.8) is 0 Å². The topological polar surface area (TPSA) is 34.1 Å². The standard InChI is InChI=1S/C11H18N2OS/c1-11(2,15-4)8-13-10-9(14-3)6-5-7-12-10/h5-7H,8H2,1-4H3,(H,12,13). The molecule has 1 heterocycles. The second-order valence-corrected chi connectivity index (χ2v) is 5.39. The van der Waals surface area contributed by atoms with E-state index in [-0.39, 0.29) is 4.75 Å². The minimum atomic E-state index is 0.197. The van der Waals surface area contributed by atoms with Crippen molar-refractivity contribution in [2.45, 2.75) is 18.6 Å². The number of methoxy groups -OCH3 is 1.